The SMILES string of the molecule is CC(C)(C)[Si](C)(C)OCC1(CO)CC1(F)F. The number of aliphatic hydroxyl groups is 1. The second kappa shape index (κ2) is 3.75. The third-order valence-corrected chi connectivity index (χ3v) is 8.51. The number of hydrogen-bond acceptors (Lipinski definition) is 2. The summed E-state index contributed by atoms with van der Waals surface area (Å²) in [5.74, 6) is -2.75. The lowest BCUT2D eigenvalue weighted by Crippen LogP contribution is -2.43. The van der Waals surface area contributed by atoms with Crippen LogP contribution in [0.5, 0.6) is 0 Å². The highest BCUT2D eigenvalue weighted by Crippen LogP contribution is 2.60. The van der Waals surface area contributed by atoms with Gasteiger partial charge in [0.15, 0.2) is 8.32 Å². The van der Waals surface area contributed by atoms with E-state index in [9.17, 15) is 8.78 Å². The molecule has 1 unspecified atom stereocenters. The highest BCUT2D eigenvalue weighted by Gasteiger charge is 2.71. The third kappa shape index (κ3) is 2.31. The van der Waals surface area contributed by atoms with E-state index in [0.717, 1.165) is 0 Å². The fourth-order valence-corrected chi connectivity index (χ4v) is 2.36. The third-order valence-electron chi connectivity index (χ3n) is 4.03. The van der Waals surface area contributed by atoms with Crippen molar-refractivity contribution in [3.8, 4) is 0 Å². The van der Waals surface area contributed by atoms with E-state index in [-0.39, 0.29) is 18.1 Å². The Hall–Kier alpha value is -0.00312. The first-order valence-corrected chi connectivity index (χ1v) is 8.51. The average Bonchev–Trinajstić information content (AvgIpc) is 2.64. The van der Waals surface area contributed by atoms with Crippen molar-refractivity contribution in [3.63, 3.8) is 0 Å². The molecule has 16 heavy (non-hydrogen) atoms. The van der Waals surface area contributed by atoms with Crippen LogP contribution in [-0.2, 0) is 4.43 Å². The minimum Gasteiger partial charge on any atom is -0.416 e. The molecule has 2 nitrogen and oxygen atoms in total. The van der Waals surface area contributed by atoms with Crippen LogP contribution in [0.3, 0.4) is 0 Å². The zero-order chi connectivity index (χ0) is 12.8. The minimum atomic E-state index is -2.75. The molecule has 96 valence electrons. The molecule has 1 aliphatic carbocycles. The van der Waals surface area contributed by atoms with Crippen LogP contribution in [0.4, 0.5) is 8.78 Å². The van der Waals surface area contributed by atoms with Gasteiger partial charge in [-0.3, -0.25) is 0 Å². The lowest BCUT2D eigenvalue weighted by molar-refractivity contribution is 0.0115. The summed E-state index contributed by atoms with van der Waals surface area (Å²) in [5.41, 5.74) is -1.30. The molecule has 0 spiro atoms. The fraction of sp³-hybridized carbons (Fsp3) is 1.00. The highest BCUT2D eigenvalue weighted by molar-refractivity contribution is 6.74. The van der Waals surface area contributed by atoms with Gasteiger partial charge in [0.2, 0.25) is 0 Å². The first kappa shape index (κ1) is 14.1. The molecule has 0 saturated heterocycles. The van der Waals surface area contributed by atoms with E-state index >= 15 is 0 Å². The van der Waals surface area contributed by atoms with Crippen molar-refractivity contribution < 1.29 is 18.3 Å². The van der Waals surface area contributed by atoms with Crippen molar-refractivity contribution >= 4 is 8.32 Å². The van der Waals surface area contributed by atoms with Gasteiger partial charge in [-0.2, -0.15) is 0 Å². The molecular formula is C11H22F2O2Si. The van der Waals surface area contributed by atoms with Gasteiger partial charge in [-0.05, 0) is 18.1 Å². The summed E-state index contributed by atoms with van der Waals surface area (Å²) in [5, 5.41) is 9.05. The molecule has 0 aromatic rings. The largest absolute Gasteiger partial charge is 0.416 e. The van der Waals surface area contributed by atoms with Crippen molar-refractivity contribution in [2.24, 2.45) is 5.41 Å². The van der Waals surface area contributed by atoms with Gasteiger partial charge in [-0.1, -0.05) is 20.8 Å². The Balaban J connectivity index is 2.59. The van der Waals surface area contributed by atoms with Crippen molar-refractivity contribution in [1.29, 1.82) is 0 Å². The minimum absolute atomic E-state index is 0.00776. The van der Waals surface area contributed by atoms with Crippen LogP contribution in [0.2, 0.25) is 18.1 Å². The van der Waals surface area contributed by atoms with Gasteiger partial charge in [0.25, 0.3) is 5.92 Å². The number of aliphatic hydroxyl groups excluding tert-OH is 1. The zero-order valence-electron chi connectivity index (χ0n) is 10.7. The maximum absolute atomic E-state index is 13.1. The molecule has 0 amide bonds. The summed E-state index contributed by atoms with van der Waals surface area (Å²) in [6.07, 6.45) is -0.245. The Bertz CT molecular complexity index is 272. The van der Waals surface area contributed by atoms with Gasteiger partial charge in [0, 0.05) is 13.0 Å². The Kier molecular flexibility index (Phi) is 3.29. The molecule has 1 atom stereocenters. The van der Waals surface area contributed by atoms with Crippen molar-refractivity contribution in [2.45, 2.75) is 51.2 Å². The van der Waals surface area contributed by atoms with Crippen LogP contribution in [0.15, 0.2) is 0 Å². The average molecular weight is 252 g/mol. The first-order valence-electron chi connectivity index (χ1n) is 5.60. The van der Waals surface area contributed by atoms with E-state index in [2.05, 4.69) is 20.8 Å². The van der Waals surface area contributed by atoms with E-state index in [0.29, 0.717) is 0 Å². The lowest BCUT2D eigenvalue weighted by atomic mass is 10.1. The van der Waals surface area contributed by atoms with Crippen molar-refractivity contribution in [1.82, 2.24) is 0 Å². The van der Waals surface area contributed by atoms with E-state index in [1.807, 2.05) is 13.1 Å². The summed E-state index contributed by atoms with van der Waals surface area (Å²) in [6.45, 7) is 9.74. The Morgan fingerprint density at radius 1 is 1.31 bits per heavy atom. The van der Waals surface area contributed by atoms with Crippen LogP contribution in [0.25, 0.3) is 0 Å². The van der Waals surface area contributed by atoms with Crippen LogP contribution in [0, 0.1) is 5.41 Å². The molecular weight excluding hydrogens is 230 g/mol. The van der Waals surface area contributed by atoms with Gasteiger partial charge < -0.3 is 9.53 Å². The van der Waals surface area contributed by atoms with Gasteiger partial charge in [0.1, 0.15) is 0 Å². The molecule has 0 aliphatic heterocycles. The van der Waals surface area contributed by atoms with Gasteiger partial charge in [0.05, 0.1) is 12.0 Å². The van der Waals surface area contributed by atoms with Gasteiger partial charge in [-0.25, -0.2) is 8.78 Å². The highest BCUT2D eigenvalue weighted by atomic mass is 28.4. The smallest absolute Gasteiger partial charge is 0.259 e. The second-order valence-electron chi connectivity index (χ2n) is 6.37. The van der Waals surface area contributed by atoms with E-state index in [1.54, 1.807) is 0 Å². The first-order chi connectivity index (χ1) is 6.97. The topological polar surface area (TPSA) is 29.5 Å². The van der Waals surface area contributed by atoms with Crippen LogP contribution < -0.4 is 0 Å². The van der Waals surface area contributed by atoms with Crippen LogP contribution in [-0.4, -0.2) is 32.6 Å². The Morgan fingerprint density at radius 3 is 2.00 bits per heavy atom. The number of hydrogen-bond donors (Lipinski definition) is 1. The summed E-state index contributed by atoms with van der Waals surface area (Å²) >= 11 is 0. The molecule has 1 fully saturated rings. The molecule has 0 aromatic carbocycles. The molecule has 0 heterocycles. The molecule has 0 aromatic heterocycles. The molecule has 1 N–H and O–H groups in total. The number of halogens is 2. The zero-order valence-corrected chi connectivity index (χ0v) is 11.7. The lowest BCUT2D eigenvalue weighted by Gasteiger charge is -2.37. The number of alkyl halides is 2. The Morgan fingerprint density at radius 2 is 1.75 bits per heavy atom. The monoisotopic (exact) mass is 252 g/mol. The summed E-state index contributed by atoms with van der Waals surface area (Å²) in [4.78, 5) is 0. The molecule has 0 bridgehead atoms. The van der Waals surface area contributed by atoms with Crippen molar-refractivity contribution in [2.75, 3.05) is 13.2 Å². The van der Waals surface area contributed by atoms with E-state index in [4.69, 9.17) is 9.53 Å². The van der Waals surface area contributed by atoms with Crippen LogP contribution in [0.1, 0.15) is 27.2 Å². The maximum Gasteiger partial charge on any atom is 0.259 e. The van der Waals surface area contributed by atoms with Gasteiger partial charge >= 0.3 is 0 Å². The molecule has 0 radical (unpaired) electrons. The molecule has 1 rings (SSSR count). The summed E-state index contributed by atoms with van der Waals surface area (Å²) in [6, 6.07) is 0. The normalized spacial score (nSPS) is 29.2. The maximum atomic E-state index is 13.1. The molecule has 5 heteroatoms. The predicted molar refractivity (Wildman–Crippen MR) is 62.2 cm³/mol. The second-order valence-corrected chi connectivity index (χ2v) is 11.2. The van der Waals surface area contributed by atoms with Crippen molar-refractivity contribution in [3.05, 3.63) is 0 Å². The quantitative estimate of drug-likeness (QED) is 0.779. The fourth-order valence-electron chi connectivity index (χ4n) is 1.29. The van der Waals surface area contributed by atoms with Gasteiger partial charge in [-0.15, -0.1) is 0 Å². The molecule has 1 saturated carbocycles. The van der Waals surface area contributed by atoms with Crippen LogP contribution >= 0.6 is 0 Å². The summed E-state index contributed by atoms with van der Waals surface area (Å²) in [7, 11) is -2.00. The number of rotatable bonds is 4. The van der Waals surface area contributed by atoms with E-state index < -0.39 is 26.3 Å². The standard InChI is InChI=1S/C11H22F2O2Si/c1-9(2,3)16(4,5)15-8-10(7-14)6-11(10,12)13/h14H,6-8H2,1-5H3. The van der Waals surface area contributed by atoms with E-state index in [1.165, 1.54) is 0 Å². The summed E-state index contributed by atoms with van der Waals surface area (Å²) < 4.78 is 31.9. The Labute approximate surface area is 97.1 Å². The molecule has 1 aliphatic rings. The predicted octanol–water partition coefficient (Wildman–Crippen LogP) is 3.03.